The molecule has 0 saturated carbocycles. The van der Waals surface area contributed by atoms with E-state index in [4.69, 9.17) is 37.9 Å². The van der Waals surface area contributed by atoms with Crippen LogP contribution >= 0.6 is 0 Å². The van der Waals surface area contributed by atoms with Crippen molar-refractivity contribution in [3.8, 4) is 115 Å². The van der Waals surface area contributed by atoms with E-state index in [2.05, 4.69) is 0 Å². The number of hydrogen-bond donors (Lipinski definition) is 16. The highest BCUT2D eigenvalue weighted by Crippen LogP contribution is 2.59. The van der Waals surface area contributed by atoms with Crippen molar-refractivity contribution in [3.63, 3.8) is 0 Å². The maximum Gasteiger partial charge on any atom is 0.357 e. The van der Waals surface area contributed by atoms with Crippen LogP contribution in [-0.2, 0) is 24.4 Å². The molecule has 8 aromatic rings. The highest BCUT2D eigenvalue weighted by atomic mass is 16.8. The first kappa shape index (κ1) is 54.2. The number of phenolic OH excluding ortho intramolecular Hbond substituents is 12. The molecular formula is C60H44O26. The third-order valence-electron chi connectivity index (χ3n) is 15.3. The van der Waals surface area contributed by atoms with E-state index in [1.807, 2.05) is 0 Å². The number of Topliss-reactive ketones (excluding diaryl/α,β-unsaturated/α-hetero) is 2. The molecule has 6 aliphatic rings. The number of carbonyl (C=O) groups excluding carboxylic acids is 2. The summed E-state index contributed by atoms with van der Waals surface area (Å²) in [7, 11) is 0. The van der Waals surface area contributed by atoms with Crippen molar-refractivity contribution in [1.82, 2.24) is 0 Å². The minimum absolute atomic E-state index is 0.0155. The number of rotatable bonds is 4. The SMILES string of the molecule is O=C1c2c(O)cc(O)cc2OC2(c3ccc(O)c(O)c3)Oc3cc(C4Oc5cc(O)cc(O)c5CC4O)ccc3OC12O.O=C1c2c(O)cc(O)cc2OC2(c3ccc(O)c(O)c3)Oc3ccc(C4Oc5cc(O)cc(O)c5CC4O)cc3OC12O. The Bertz CT molecular complexity index is 4240. The molecule has 0 bridgehead atoms. The lowest BCUT2D eigenvalue weighted by molar-refractivity contribution is -0.316. The zero-order chi connectivity index (χ0) is 60.8. The number of ketones is 2. The van der Waals surface area contributed by atoms with E-state index in [1.165, 1.54) is 60.7 Å². The second-order valence-electron chi connectivity index (χ2n) is 20.8. The van der Waals surface area contributed by atoms with Crippen molar-refractivity contribution in [1.29, 1.82) is 0 Å². The van der Waals surface area contributed by atoms with Crippen molar-refractivity contribution in [2.24, 2.45) is 0 Å². The lowest BCUT2D eigenvalue weighted by Gasteiger charge is -2.50. The van der Waals surface area contributed by atoms with Crippen molar-refractivity contribution >= 4 is 11.6 Å². The molecule has 440 valence electrons. The van der Waals surface area contributed by atoms with Gasteiger partial charge in [0.05, 0.1) is 12.2 Å². The third-order valence-corrected chi connectivity index (χ3v) is 15.3. The predicted molar refractivity (Wildman–Crippen MR) is 283 cm³/mol. The quantitative estimate of drug-likeness (QED) is 0.102. The number of ether oxygens (including phenoxy) is 8. The Morgan fingerprint density at radius 1 is 0.337 bits per heavy atom. The second-order valence-corrected chi connectivity index (χ2v) is 20.8. The zero-order valence-corrected chi connectivity index (χ0v) is 43.5. The second kappa shape index (κ2) is 18.7. The standard InChI is InChI=1S/2C30H22O13/c31-14-7-18(34)16-11-21(37)27(40-23(16)9-14)12-1-4-22-24(5-12)41-29(39)28(38)26-20(36)8-15(32)10-25(26)43-30(29,42-22)13-2-3-17(33)19(35)6-13;31-14-7-18(34)16-11-21(37)27(40-23(16)9-14)12-1-4-22-24(5-12)42-30(13-2-3-17(33)19(35)6-13)29(39,41-22)28(38)26-20(36)8-15(32)10-25(26)43-30/h2*1-10,21,27,31-37,39H,11H2. The highest BCUT2D eigenvalue weighted by Gasteiger charge is 2.72. The molecule has 8 aromatic carbocycles. The van der Waals surface area contributed by atoms with Crippen LogP contribution in [-0.4, -0.2) is 117 Å². The van der Waals surface area contributed by atoms with Crippen LogP contribution in [0.3, 0.4) is 0 Å². The van der Waals surface area contributed by atoms with Crippen molar-refractivity contribution in [2.45, 2.75) is 60.4 Å². The van der Waals surface area contributed by atoms with Gasteiger partial charge in [-0.25, -0.2) is 0 Å². The van der Waals surface area contributed by atoms with Crippen molar-refractivity contribution in [2.75, 3.05) is 0 Å². The fourth-order valence-electron chi connectivity index (χ4n) is 11.2. The van der Waals surface area contributed by atoms with E-state index in [0.29, 0.717) is 22.3 Å². The number of fused-ring (bicyclic) bond motifs is 8. The molecule has 0 radical (unpaired) electrons. The molecule has 14 rings (SSSR count). The van der Waals surface area contributed by atoms with Gasteiger partial charge >= 0.3 is 23.1 Å². The van der Waals surface area contributed by atoms with Crippen LogP contribution in [0.15, 0.2) is 121 Å². The van der Waals surface area contributed by atoms with E-state index in [1.54, 1.807) is 0 Å². The minimum Gasteiger partial charge on any atom is -0.508 e. The first-order chi connectivity index (χ1) is 40.8. The average Bonchev–Trinajstić information content (AvgIpc) is 0.808. The molecule has 0 fully saturated rings. The van der Waals surface area contributed by atoms with E-state index >= 15 is 0 Å². The Balaban J connectivity index is 0.000000160. The summed E-state index contributed by atoms with van der Waals surface area (Å²) in [5.74, 6) is -20.3. The summed E-state index contributed by atoms with van der Waals surface area (Å²) in [6, 6.07) is 23.6. The Kier molecular flexibility index (Phi) is 11.8. The Labute approximate surface area is 480 Å². The smallest absolute Gasteiger partial charge is 0.357 e. The molecule has 0 aliphatic carbocycles. The van der Waals surface area contributed by atoms with Crippen LogP contribution in [0.25, 0.3) is 0 Å². The van der Waals surface area contributed by atoms with Gasteiger partial charge in [-0.05, 0) is 71.8 Å². The fraction of sp³-hybridized carbons (Fsp3) is 0.167. The summed E-state index contributed by atoms with van der Waals surface area (Å²) in [5, 5.41) is 167. The summed E-state index contributed by atoms with van der Waals surface area (Å²) in [6.07, 6.45) is -4.42. The van der Waals surface area contributed by atoms with Gasteiger partial charge in [0.15, 0.2) is 46.0 Å². The molecule has 8 atom stereocenters. The van der Waals surface area contributed by atoms with E-state index < -0.39 is 116 Å². The summed E-state index contributed by atoms with van der Waals surface area (Å²) in [5.41, 5.74) is -0.175. The van der Waals surface area contributed by atoms with Gasteiger partial charge < -0.3 is 120 Å². The molecule has 0 aromatic heterocycles. The molecule has 26 heteroatoms. The monoisotopic (exact) mass is 1180 g/mol. The topological polar surface area (TPSA) is 432 Å². The van der Waals surface area contributed by atoms with E-state index in [-0.39, 0.29) is 93.0 Å². The van der Waals surface area contributed by atoms with Crippen LogP contribution in [0.2, 0.25) is 0 Å². The Hall–Kier alpha value is -11.1. The molecule has 8 unspecified atom stereocenters. The zero-order valence-electron chi connectivity index (χ0n) is 43.5. The molecule has 0 spiro atoms. The Morgan fingerprint density at radius 3 is 1.10 bits per heavy atom. The summed E-state index contributed by atoms with van der Waals surface area (Å²) < 4.78 is 47.9. The molecule has 6 aliphatic heterocycles. The van der Waals surface area contributed by atoms with Gasteiger partial charge in [0, 0.05) is 83.6 Å². The van der Waals surface area contributed by atoms with Crippen LogP contribution in [0, 0.1) is 0 Å². The maximum atomic E-state index is 13.9. The van der Waals surface area contributed by atoms with Gasteiger partial charge in [-0.3, -0.25) is 9.59 Å². The molecule has 0 saturated heterocycles. The van der Waals surface area contributed by atoms with E-state index in [0.717, 1.165) is 60.7 Å². The first-order valence-electron chi connectivity index (χ1n) is 25.7. The Morgan fingerprint density at radius 2 is 0.686 bits per heavy atom. The number of phenols is 12. The fourth-order valence-corrected chi connectivity index (χ4v) is 11.2. The summed E-state index contributed by atoms with van der Waals surface area (Å²) >= 11 is 0. The van der Waals surface area contributed by atoms with Crippen molar-refractivity contribution in [3.05, 3.63) is 166 Å². The summed E-state index contributed by atoms with van der Waals surface area (Å²) in [4.78, 5) is 27.7. The van der Waals surface area contributed by atoms with Crippen LogP contribution in [0.1, 0.15) is 66.3 Å². The number of aliphatic hydroxyl groups is 4. The lowest BCUT2D eigenvalue weighted by atomic mass is 9.85. The van der Waals surface area contributed by atoms with Crippen molar-refractivity contribution < 1.29 is 129 Å². The van der Waals surface area contributed by atoms with Gasteiger partial charge in [0.2, 0.25) is 0 Å². The first-order valence-corrected chi connectivity index (χ1v) is 25.7. The van der Waals surface area contributed by atoms with Gasteiger partial charge in [-0.15, -0.1) is 0 Å². The molecule has 0 amide bonds. The minimum atomic E-state index is -3.06. The highest BCUT2D eigenvalue weighted by molar-refractivity contribution is 6.09. The summed E-state index contributed by atoms with van der Waals surface area (Å²) in [6.45, 7) is 0. The maximum absolute atomic E-state index is 13.9. The van der Waals surface area contributed by atoms with Crippen LogP contribution in [0.4, 0.5) is 0 Å². The number of aromatic hydroxyl groups is 12. The van der Waals surface area contributed by atoms with Gasteiger partial charge in [-0.2, -0.15) is 0 Å². The van der Waals surface area contributed by atoms with E-state index in [9.17, 15) is 91.3 Å². The van der Waals surface area contributed by atoms with Crippen LogP contribution in [0.5, 0.6) is 115 Å². The molecular weight excluding hydrogens is 1140 g/mol. The predicted octanol–water partition coefficient (Wildman–Crippen LogP) is 5.09. The lowest BCUT2D eigenvalue weighted by Crippen LogP contribution is -2.70. The molecule has 86 heavy (non-hydrogen) atoms. The van der Waals surface area contributed by atoms with Gasteiger partial charge in [0.25, 0.3) is 11.6 Å². The number of benzene rings is 8. The number of aliphatic hydroxyl groups excluding tert-OH is 2. The normalized spacial score (nSPS) is 25.0. The molecule has 6 heterocycles. The number of carbonyl (C=O) groups is 2. The average molecular weight is 1180 g/mol. The molecule has 26 nitrogen and oxygen atoms in total. The number of hydrogen-bond acceptors (Lipinski definition) is 26. The van der Waals surface area contributed by atoms with Gasteiger partial charge in [-0.1, -0.05) is 12.1 Å². The largest absolute Gasteiger partial charge is 0.508 e. The molecule has 16 N–H and O–H groups in total. The third kappa shape index (κ3) is 8.02. The van der Waals surface area contributed by atoms with Crippen LogP contribution < -0.4 is 37.9 Å². The van der Waals surface area contributed by atoms with Gasteiger partial charge in [0.1, 0.15) is 92.3 Å².